The summed E-state index contributed by atoms with van der Waals surface area (Å²) in [4.78, 5) is 15.8. The van der Waals surface area contributed by atoms with E-state index in [0.717, 1.165) is 41.1 Å². The molecule has 1 aliphatic rings. The van der Waals surface area contributed by atoms with Crippen molar-refractivity contribution in [2.24, 2.45) is 7.05 Å². The second kappa shape index (κ2) is 5.56. The number of hydrogen-bond donors (Lipinski definition) is 1. The van der Waals surface area contributed by atoms with Gasteiger partial charge in [-0.2, -0.15) is 0 Å². The van der Waals surface area contributed by atoms with Crippen LogP contribution in [-0.2, 0) is 7.05 Å². The number of carbonyl (C=O) groups is 1. The molecule has 2 aromatic heterocycles. The van der Waals surface area contributed by atoms with E-state index in [0.29, 0.717) is 5.92 Å². The Morgan fingerprint density at radius 2 is 1.96 bits per heavy atom. The van der Waals surface area contributed by atoms with Crippen molar-refractivity contribution in [3.05, 3.63) is 54.1 Å². The predicted molar refractivity (Wildman–Crippen MR) is 88.6 cm³/mol. The summed E-state index contributed by atoms with van der Waals surface area (Å²) in [7, 11) is 1.89. The molecule has 0 bridgehead atoms. The SMILES string of the molecule is Cn1cnnc1-c1ccccc1-c1cc(C(=O)O)nc(C2CC2)c1. The monoisotopic (exact) mass is 320 g/mol. The number of benzene rings is 1. The second-order valence-electron chi connectivity index (χ2n) is 6.06. The molecule has 6 nitrogen and oxygen atoms in total. The first-order chi connectivity index (χ1) is 11.6. The topological polar surface area (TPSA) is 80.9 Å². The Hall–Kier alpha value is -3.02. The van der Waals surface area contributed by atoms with Gasteiger partial charge in [0, 0.05) is 24.2 Å². The van der Waals surface area contributed by atoms with Crippen LogP contribution in [0.25, 0.3) is 22.5 Å². The van der Waals surface area contributed by atoms with E-state index in [9.17, 15) is 9.90 Å². The first kappa shape index (κ1) is 14.6. The maximum atomic E-state index is 11.5. The van der Waals surface area contributed by atoms with Gasteiger partial charge in [0.2, 0.25) is 0 Å². The quantitative estimate of drug-likeness (QED) is 0.799. The number of aromatic carboxylic acids is 1. The molecule has 0 radical (unpaired) electrons. The molecule has 0 spiro atoms. The molecule has 6 heteroatoms. The Balaban J connectivity index is 1.91. The summed E-state index contributed by atoms with van der Waals surface area (Å²) in [6.07, 6.45) is 3.79. The summed E-state index contributed by atoms with van der Waals surface area (Å²) < 4.78 is 1.85. The fraction of sp³-hybridized carbons (Fsp3) is 0.222. The van der Waals surface area contributed by atoms with Crippen molar-refractivity contribution in [3.8, 4) is 22.5 Å². The molecule has 0 aliphatic heterocycles. The number of carboxylic acids is 1. The third-order valence-electron chi connectivity index (χ3n) is 4.25. The molecule has 1 aromatic carbocycles. The minimum atomic E-state index is -1.00. The van der Waals surface area contributed by atoms with Crippen LogP contribution in [0.1, 0.15) is 34.9 Å². The van der Waals surface area contributed by atoms with Crippen molar-refractivity contribution in [1.82, 2.24) is 19.7 Å². The minimum Gasteiger partial charge on any atom is -0.477 e. The lowest BCUT2D eigenvalue weighted by molar-refractivity contribution is 0.0690. The van der Waals surface area contributed by atoms with E-state index >= 15 is 0 Å². The summed E-state index contributed by atoms with van der Waals surface area (Å²) >= 11 is 0. The molecule has 1 N–H and O–H groups in total. The minimum absolute atomic E-state index is 0.0853. The fourth-order valence-electron chi connectivity index (χ4n) is 2.86. The van der Waals surface area contributed by atoms with E-state index in [-0.39, 0.29) is 5.69 Å². The number of pyridine rings is 1. The van der Waals surface area contributed by atoms with Crippen LogP contribution in [-0.4, -0.2) is 30.8 Å². The zero-order valence-corrected chi connectivity index (χ0v) is 13.2. The summed E-state index contributed by atoms with van der Waals surface area (Å²) in [6.45, 7) is 0. The van der Waals surface area contributed by atoms with E-state index in [1.165, 1.54) is 0 Å². The molecule has 24 heavy (non-hydrogen) atoms. The van der Waals surface area contributed by atoms with Gasteiger partial charge in [0.05, 0.1) is 0 Å². The average Bonchev–Trinajstić information content (AvgIpc) is 3.36. The van der Waals surface area contributed by atoms with Crippen LogP contribution in [0, 0.1) is 0 Å². The molecular weight excluding hydrogens is 304 g/mol. The summed E-state index contributed by atoms with van der Waals surface area (Å²) in [6, 6.07) is 11.4. The van der Waals surface area contributed by atoms with Crippen molar-refractivity contribution in [1.29, 1.82) is 0 Å². The van der Waals surface area contributed by atoms with Gasteiger partial charge in [-0.1, -0.05) is 24.3 Å². The smallest absolute Gasteiger partial charge is 0.354 e. The van der Waals surface area contributed by atoms with Crippen LogP contribution in [0.4, 0.5) is 0 Å². The van der Waals surface area contributed by atoms with E-state index < -0.39 is 5.97 Å². The van der Waals surface area contributed by atoms with Crippen molar-refractivity contribution < 1.29 is 9.90 Å². The van der Waals surface area contributed by atoms with E-state index in [4.69, 9.17) is 0 Å². The predicted octanol–water partition coefficient (Wildman–Crippen LogP) is 3.12. The lowest BCUT2D eigenvalue weighted by atomic mass is 9.97. The molecule has 120 valence electrons. The van der Waals surface area contributed by atoms with Gasteiger partial charge in [-0.05, 0) is 36.1 Å². The summed E-state index contributed by atoms with van der Waals surface area (Å²) in [5.41, 5.74) is 3.64. The zero-order valence-electron chi connectivity index (χ0n) is 13.2. The number of aromatic nitrogens is 4. The highest BCUT2D eigenvalue weighted by atomic mass is 16.4. The molecule has 2 heterocycles. The number of aryl methyl sites for hydroxylation is 1. The van der Waals surface area contributed by atoms with Crippen LogP contribution in [0.3, 0.4) is 0 Å². The van der Waals surface area contributed by atoms with Crippen molar-refractivity contribution in [3.63, 3.8) is 0 Å². The zero-order chi connectivity index (χ0) is 16.7. The molecule has 4 rings (SSSR count). The largest absolute Gasteiger partial charge is 0.477 e. The average molecular weight is 320 g/mol. The van der Waals surface area contributed by atoms with Gasteiger partial charge in [-0.3, -0.25) is 0 Å². The van der Waals surface area contributed by atoms with E-state index in [1.807, 2.05) is 41.9 Å². The lowest BCUT2D eigenvalue weighted by Crippen LogP contribution is -2.04. The maximum Gasteiger partial charge on any atom is 0.354 e. The van der Waals surface area contributed by atoms with Crippen molar-refractivity contribution in [2.45, 2.75) is 18.8 Å². The normalized spacial score (nSPS) is 13.9. The van der Waals surface area contributed by atoms with Crippen LogP contribution < -0.4 is 0 Å². The number of carboxylic acid groups (broad SMARTS) is 1. The molecule has 1 saturated carbocycles. The summed E-state index contributed by atoms with van der Waals surface area (Å²) in [5.74, 6) is 0.118. The molecule has 1 aliphatic carbocycles. The van der Waals surface area contributed by atoms with Crippen molar-refractivity contribution in [2.75, 3.05) is 0 Å². The Labute approximate surface area is 138 Å². The maximum absolute atomic E-state index is 11.5. The Bertz CT molecular complexity index is 928. The highest BCUT2D eigenvalue weighted by Crippen LogP contribution is 2.41. The standard InChI is InChI=1S/C18H16N4O2/c1-22-10-19-21-17(22)14-5-3-2-4-13(14)12-8-15(11-6-7-11)20-16(9-12)18(23)24/h2-5,8-11H,6-7H2,1H3,(H,23,24). The van der Waals surface area contributed by atoms with E-state index in [1.54, 1.807) is 12.4 Å². The van der Waals surface area contributed by atoms with Crippen LogP contribution in [0.5, 0.6) is 0 Å². The first-order valence-corrected chi connectivity index (χ1v) is 7.82. The first-order valence-electron chi connectivity index (χ1n) is 7.82. The van der Waals surface area contributed by atoms with Crippen LogP contribution in [0.15, 0.2) is 42.7 Å². The number of nitrogens with zero attached hydrogens (tertiary/aromatic N) is 4. The molecule has 0 saturated heterocycles. The molecular formula is C18H16N4O2. The van der Waals surface area contributed by atoms with Crippen LogP contribution in [0.2, 0.25) is 0 Å². The van der Waals surface area contributed by atoms with E-state index in [2.05, 4.69) is 15.2 Å². The van der Waals surface area contributed by atoms with Gasteiger partial charge in [0.25, 0.3) is 0 Å². The third-order valence-corrected chi connectivity index (χ3v) is 4.25. The lowest BCUT2D eigenvalue weighted by Gasteiger charge is -2.11. The highest BCUT2D eigenvalue weighted by Gasteiger charge is 2.27. The molecule has 0 amide bonds. The number of hydrogen-bond acceptors (Lipinski definition) is 4. The molecule has 1 fully saturated rings. The van der Waals surface area contributed by atoms with Gasteiger partial charge in [0.15, 0.2) is 5.82 Å². The Morgan fingerprint density at radius 3 is 2.58 bits per heavy atom. The second-order valence-corrected chi connectivity index (χ2v) is 6.06. The fourth-order valence-corrected chi connectivity index (χ4v) is 2.86. The van der Waals surface area contributed by atoms with Gasteiger partial charge in [0.1, 0.15) is 12.0 Å². The van der Waals surface area contributed by atoms with Crippen LogP contribution >= 0.6 is 0 Å². The molecule has 0 atom stereocenters. The number of rotatable bonds is 4. The third kappa shape index (κ3) is 2.56. The van der Waals surface area contributed by atoms with Gasteiger partial charge in [-0.25, -0.2) is 9.78 Å². The van der Waals surface area contributed by atoms with Gasteiger partial charge >= 0.3 is 5.97 Å². The van der Waals surface area contributed by atoms with Gasteiger partial charge in [-0.15, -0.1) is 10.2 Å². The molecule has 0 unspecified atom stereocenters. The molecule has 3 aromatic rings. The van der Waals surface area contributed by atoms with Gasteiger partial charge < -0.3 is 9.67 Å². The highest BCUT2D eigenvalue weighted by molar-refractivity contribution is 5.89. The Morgan fingerprint density at radius 1 is 1.21 bits per heavy atom. The van der Waals surface area contributed by atoms with Crippen molar-refractivity contribution >= 4 is 5.97 Å². The summed E-state index contributed by atoms with van der Waals surface area (Å²) in [5, 5.41) is 17.5. The Kier molecular flexibility index (Phi) is 3.37.